The molecular weight excluding hydrogens is 294 g/mol. The lowest BCUT2D eigenvalue weighted by Gasteiger charge is -2.12. The van der Waals surface area contributed by atoms with Gasteiger partial charge in [-0.05, 0) is 42.3 Å². The van der Waals surface area contributed by atoms with E-state index in [2.05, 4.69) is 4.72 Å². The number of hydrogen-bond donors (Lipinski definition) is 2. The molecule has 1 unspecified atom stereocenters. The van der Waals surface area contributed by atoms with E-state index in [0.717, 1.165) is 11.3 Å². The molecule has 2 aromatic rings. The zero-order valence-electron chi connectivity index (χ0n) is 11.5. The maximum absolute atomic E-state index is 12.4. The Hall–Kier alpha value is -1.15. The Bertz CT molecular complexity index is 638. The number of aryl methyl sites for hydroxylation is 1. The van der Waals surface area contributed by atoms with Crippen LogP contribution in [0.1, 0.15) is 31.1 Å². The largest absolute Gasteiger partial charge is 0.349 e. The zero-order valence-corrected chi connectivity index (χ0v) is 13.2. The van der Waals surface area contributed by atoms with E-state index in [1.165, 1.54) is 0 Å². The SMILES string of the molecule is CCn1cc(S(=O)(=O)NC(C)c2ccsc2)cc1CN. The van der Waals surface area contributed by atoms with Gasteiger partial charge in [-0.3, -0.25) is 0 Å². The molecule has 0 radical (unpaired) electrons. The normalized spacial score (nSPS) is 13.6. The quantitative estimate of drug-likeness (QED) is 0.857. The molecule has 2 aromatic heterocycles. The third-order valence-corrected chi connectivity index (χ3v) is 5.41. The Labute approximate surface area is 123 Å². The average molecular weight is 313 g/mol. The van der Waals surface area contributed by atoms with Gasteiger partial charge in [-0.1, -0.05) is 0 Å². The number of nitrogens with one attached hydrogen (secondary N) is 1. The number of sulfonamides is 1. The van der Waals surface area contributed by atoms with Crippen LogP contribution in [-0.2, 0) is 23.1 Å². The van der Waals surface area contributed by atoms with Gasteiger partial charge in [-0.15, -0.1) is 0 Å². The summed E-state index contributed by atoms with van der Waals surface area (Å²) in [6.07, 6.45) is 1.63. The van der Waals surface area contributed by atoms with Gasteiger partial charge in [0, 0.05) is 31.0 Å². The average Bonchev–Trinajstić information content (AvgIpc) is 3.07. The van der Waals surface area contributed by atoms with E-state index in [0.29, 0.717) is 13.1 Å². The van der Waals surface area contributed by atoms with Gasteiger partial charge >= 0.3 is 0 Å². The molecule has 0 bridgehead atoms. The molecule has 3 N–H and O–H groups in total. The molecule has 0 aliphatic heterocycles. The first kappa shape index (κ1) is 15.2. The molecule has 0 aliphatic rings. The smallest absolute Gasteiger partial charge is 0.242 e. The zero-order chi connectivity index (χ0) is 14.8. The van der Waals surface area contributed by atoms with E-state index in [-0.39, 0.29) is 10.9 Å². The second-order valence-corrected chi connectivity index (χ2v) is 7.05. The van der Waals surface area contributed by atoms with Gasteiger partial charge in [-0.25, -0.2) is 13.1 Å². The van der Waals surface area contributed by atoms with E-state index in [1.807, 2.05) is 35.2 Å². The maximum atomic E-state index is 12.4. The van der Waals surface area contributed by atoms with Crippen molar-refractivity contribution in [1.29, 1.82) is 0 Å². The van der Waals surface area contributed by atoms with Crippen molar-refractivity contribution in [3.05, 3.63) is 40.3 Å². The Morgan fingerprint density at radius 2 is 2.25 bits per heavy atom. The van der Waals surface area contributed by atoms with Crippen LogP contribution >= 0.6 is 11.3 Å². The lowest BCUT2D eigenvalue weighted by molar-refractivity contribution is 0.567. The van der Waals surface area contributed by atoms with Crippen molar-refractivity contribution in [1.82, 2.24) is 9.29 Å². The highest BCUT2D eigenvalue weighted by molar-refractivity contribution is 7.89. The van der Waals surface area contributed by atoms with Crippen LogP contribution in [0.25, 0.3) is 0 Å². The molecule has 1 atom stereocenters. The Kier molecular flexibility index (Phi) is 4.64. The number of nitrogens with zero attached hydrogens (tertiary/aromatic N) is 1. The fourth-order valence-electron chi connectivity index (χ4n) is 2.03. The summed E-state index contributed by atoms with van der Waals surface area (Å²) < 4.78 is 29.3. The second kappa shape index (κ2) is 6.09. The standard InChI is InChI=1S/C13H19N3O2S2/c1-3-16-8-13(6-12(16)7-14)20(17,18)15-10(2)11-4-5-19-9-11/h4-6,8-10,15H,3,7,14H2,1-2H3. The van der Waals surface area contributed by atoms with Gasteiger partial charge in [0.2, 0.25) is 10.0 Å². The van der Waals surface area contributed by atoms with Gasteiger partial charge in [-0.2, -0.15) is 11.3 Å². The van der Waals surface area contributed by atoms with Crippen molar-refractivity contribution in [2.75, 3.05) is 0 Å². The molecule has 110 valence electrons. The first-order valence-corrected chi connectivity index (χ1v) is 8.84. The molecule has 0 fully saturated rings. The summed E-state index contributed by atoms with van der Waals surface area (Å²) in [6.45, 7) is 4.81. The van der Waals surface area contributed by atoms with Crippen LogP contribution in [0.2, 0.25) is 0 Å². The highest BCUT2D eigenvalue weighted by Gasteiger charge is 2.21. The second-order valence-electron chi connectivity index (χ2n) is 4.56. The third kappa shape index (κ3) is 3.12. The first-order valence-electron chi connectivity index (χ1n) is 6.41. The Morgan fingerprint density at radius 1 is 1.50 bits per heavy atom. The molecule has 2 rings (SSSR count). The van der Waals surface area contributed by atoms with E-state index in [9.17, 15) is 8.42 Å². The van der Waals surface area contributed by atoms with Crippen LogP contribution < -0.4 is 10.5 Å². The highest BCUT2D eigenvalue weighted by Crippen LogP contribution is 2.20. The predicted molar refractivity (Wildman–Crippen MR) is 81.1 cm³/mol. The van der Waals surface area contributed by atoms with E-state index < -0.39 is 10.0 Å². The summed E-state index contributed by atoms with van der Waals surface area (Å²) in [5.41, 5.74) is 7.41. The summed E-state index contributed by atoms with van der Waals surface area (Å²) in [5, 5.41) is 3.87. The van der Waals surface area contributed by atoms with E-state index in [4.69, 9.17) is 5.73 Å². The molecule has 0 saturated heterocycles. The Morgan fingerprint density at radius 3 is 2.75 bits per heavy atom. The lowest BCUT2D eigenvalue weighted by Crippen LogP contribution is -2.26. The minimum atomic E-state index is -3.53. The van der Waals surface area contributed by atoms with Gasteiger partial charge in [0.1, 0.15) is 0 Å². The van der Waals surface area contributed by atoms with Crippen LogP contribution in [0.4, 0.5) is 0 Å². The molecule has 7 heteroatoms. The monoisotopic (exact) mass is 313 g/mol. The fourth-order valence-corrected chi connectivity index (χ4v) is 4.08. The van der Waals surface area contributed by atoms with Crippen molar-refractivity contribution < 1.29 is 8.42 Å². The number of hydrogen-bond acceptors (Lipinski definition) is 4. The Balaban J connectivity index is 2.24. The van der Waals surface area contributed by atoms with Crippen LogP contribution in [-0.4, -0.2) is 13.0 Å². The lowest BCUT2D eigenvalue weighted by atomic mass is 10.2. The highest BCUT2D eigenvalue weighted by atomic mass is 32.2. The summed E-state index contributed by atoms with van der Waals surface area (Å²) in [7, 11) is -3.53. The predicted octanol–water partition coefficient (Wildman–Crippen LogP) is 2.07. The van der Waals surface area contributed by atoms with Crippen LogP contribution in [0.3, 0.4) is 0 Å². The van der Waals surface area contributed by atoms with Crippen molar-refractivity contribution in [3.8, 4) is 0 Å². The molecule has 2 heterocycles. The molecule has 0 aromatic carbocycles. The van der Waals surface area contributed by atoms with Gasteiger partial charge in [0.05, 0.1) is 4.90 Å². The summed E-state index contributed by atoms with van der Waals surface area (Å²) >= 11 is 1.55. The summed E-state index contributed by atoms with van der Waals surface area (Å²) in [5.74, 6) is 0. The van der Waals surface area contributed by atoms with Gasteiger partial charge in [0.25, 0.3) is 0 Å². The van der Waals surface area contributed by atoms with Gasteiger partial charge < -0.3 is 10.3 Å². The molecule has 5 nitrogen and oxygen atoms in total. The molecule has 0 amide bonds. The molecular formula is C13H19N3O2S2. The number of aromatic nitrogens is 1. The van der Waals surface area contributed by atoms with Crippen LogP contribution in [0, 0.1) is 0 Å². The van der Waals surface area contributed by atoms with Crippen molar-refractivity contribution >= 4 is 21.4 Å². The fraction of sp³-hybridized carbons (Fsp3) is 0.385. The van der Waals surface area contributed by atoms with Crippen LogP contribution in [0.15, 0.2) is 34.0 Å². The number of rotatable bonds is 6. The van der Waals surface area contributed by atoms with Gasteiger partial charge in [0.15, 0.2) is 0 Å². The minimum absolute atomic E-state index is 0.252. The molecule has 0 spiro atoms. The molecule has 0 aliphatic carbocycles. The topological polar surface area (TPSA) is 77.1 Å². The van der Waals surface area contributed by atoms with Crippen LogP contribution in [0.5, 0.6) is 0 Å². The number of nitrogens with two attached hydrogens (primary N) is 1. The van der Waals surface area contributed by atoms with Crippen molar-refractivity contribution in [2.24, 2.45) is 5.73 Å². The summed E-state index contributed by atoms with van der Waals surface area (Å²) in [6, 6.07) is 3.30. The van der Waals surface area contributed by atoms with Crippen molar-refractivity contribution in [3.63, 3.8) is 0 Å². The van der Waals surface area contributed by atoms with E-state index >= 15 is 0 Å². The molecule has 0 saturated carbocycles. The third-order valence-electron chi connectivity index (χ3n) is 3.20. The maximum Gasteiger partial charge on any atom is 0.242 e. The molecule has 20 heavy (non-hydrogen) atoms. The number of thiophene rings is 1. The van der Waals surface area contributed by atoms with Crippen molar-refractivity contribution in [2.45, 2.75) is 37.9 Å². The van der Waals surface area contributed by atoms with E-state index in [1.54, 1.807) is 23.6 Å². The first-order chi connectivity index (χ1) is 9.47. The minimum Gasteiger partial charge on any atom is -0.349 e. The summed E-state index contributed by atoms with van der Waals surface area (Å²) in [4.78, 5) is 0.266.